The SMILES string of the molecule is CCCOc1ccc(C(=O)Nc2nnc(C)s2)c(OC(C)C)c1. The van der Waals surface area contributed by atoms with Gasteiger partial charge in [-0.25, -0.2) is 0 Å². The van der Waals surface area contributed by atoms with E-state index in [9.17, 15) is 4.79 Å². The number of anilines is 1. The number of benzene rings is 1. The first-order chi connectivity index (χ1) is 11.0. The van der Waals surface area contributed by atoms with Crippen LogP contribution in [-0.2, 0) is 0 Å². The maximum Gasteiger partial charge on any atom is 0.261 e. The molecule has 0 radical (unpaired) electrons. The standard InChI is InChI=1S/C16H21N3O3S/c1-5-8-21-12-6-7-13(14(9-12)22-10(2)3)15(20)17-16-19-18-11(4)23-16/h6-7,9-10H,5,8H2,1-4H3,(H,17,19,20). The van der Waals surface area contributed by atoms with Crippen molar-refractivity contribution in [1.29, 1.82) is 0 Å². The van der Waals surface area contributed by atoms with Crippen molar-refractivity contribution in [2.45, 2.75) is 40.2 Å². The Hall–Kier alpha value is -2.15. The van der Waals surface area contributed by atoms with Crippen molar-refractivity contribution in [3.63, 3.8) is 0 Å². The predicted octanol–water partition coefficient (Wildman–Crippen LogP) is 3.67. The van der Waals surface area contributed by atoms with Gasteiger partial charge in [0.1, 0.15) is 16.5 Å². The summed E-state index contributed by atoms with van der Waals surface area (Å²) in [7, 11) is 0. The second-order valence-corrected chi connectivity index (χ2v) is 6.44. The molecule has 0 aliphatic carbocycles. The summed E-state index contributed by atoms with van der Waals surface area (Å²) in [5, 5.41) is 11.8. The molecular formula is C16H21N3O3S. The van der Waals surface area contributed by atoms with Crippen LogP contribution in [0.25, 0.3) is 0 Å². The third-order valence-electron chi connectivity index (χ3n) is 2.78. The number of amides is 1. The van der Waals surface area contributed by atoms with Gasteiger partial charge in [-0.05, 0) is 39.3 Å². The zero-order chi connectivity index (χ0) is 16.8. The highest BCUT2D eigenvalue weighted by molar-refractivity contribution is 7.15. The normalized spacial score (nSPS) is 10.7. The minimum atomic E-state index is -0.279. The van der Waals surface area contributed by atoms with Gasteiger partial charge in [-0.15, -0.1) is 10.2 Å². The van der Waals surface area contributed by atoms with Crippen LogP contribution in [0.5, 0.6) is 11.5 Å². The van der Waals surface area contributed by atoms with Crippen LogP contribution in [0.15, 0.2) is 18.2 Å². The van der Waals surface area contributed by atoms with Crippen molar-refractivity contribution in [3.8, 4) is 11.5 Å². The Kier molecular flexibility index (Phi) is 5.92. The quantitative estimate of drug-likeness (QED) is 0.835. The number of hydrogen-bond donors (Lipinski definition) is 1. The largest absolute Gasteiger partial charge is 0.493 e. The molecule has 0 fully saturated rings. The molecule has 6 nitrogen and oxygen atoms in total. The van der Waals surface area contributed by atoms with Crippen molar-refractivity contribution in [3.05, 3.63) is 28.8 Å². The highest BCUT2D eigenvalue weighted by Gasteiger charge is 2.16. The van der Waals surface area contributed by atoms with Crippen LogP contribution < -0.4 is 14.8 Å². The number of carbonyl (C=O) groups excluding carboxylic acids is 1. The lowest BCUT2D eigenvalue weighted by atomic mass is 10.1. The van der Waals surface area contributed by atoms with E-state index in [-0.39, 0.29) is 12.0 Å². The molecule has 0 unspecified atom stereocenters. The lowest BCUT2D eigenvalue weighted by Crippen LogP contribution is -2.16. The zero-order valence-corrected chi connectivity index (χ0v) is 14.6. The summed E-state index contributed by atoms with van der Waals surface area (Å²) < 4.78 is 11.4. The summed E-state index contributed by atoms with van der Waals surface area (Å²) in [6.07, 6.45) is 0.866. The average molecular weight is 335 g/mol. The number of ether oxygens (including phenoxy) is 2. The number of hydrogen-bond acceptors (Lipinski definition) is 6. The Bertz CT molecular complexity index is 670. The van der Waals surface area contributed by atoms with Gasteiger partial charge in [0.15, 0.2) is 0 Å². The van der Waals surface area contributed by atoms with Gasteiger partial charge in [-0.3, -0.25) is 10.1 Å². The Morgan fingerprint density at radius 1 is 1.35 bits per heavy atom. The Balaban J connectivity index is 2.22. The number of aromatic nitrogens is 2. The summed E-state index contributed by atoms with van der Waals surface area (Å²) >= 11 is 1.33. The summed E-state index contributed by atoms with van der Waals surface area (Å²) in [6, 6.07) is 5.21. The van der Waals surface area contributed by atoms with Crippen LogP contribution in [0.3, 0.4) is 0 Å². The summed E-state index contributed by atoms with van der Waals surface area (Å²) in [5.74, 6) is 0.900. The summed E-state index contributed by atoms with van der Waals surface area (Å²) in [4.78, 5) is 12.5. The fraction of sp³-hybridized carbons (Fsp3) is 0.438. The molecule has 2 rings (SSSR count). The first kappa shape index (κ1) is 17.2. The molecule has 0 atom stereocenters. The lowest BCUT2D eigenvalue weighted by Gasteiger charge is -2.15. The van der Waals surface area contributed by atoms with Crippen LogP contribution in [0.1, 0.15) is 42.6 Å². The van der Waals surface area contributed by atoms with Gasteiger partial charge >= 0.3 is 0 Å². The molecule has 0 saturated carbocycles. The van der Waals surface area contributed by atoms with Crippen molar-refractivity contribution >= 4 is 22.4 Å². The van der Waals surface area contributed by atoms with E-state index in [2.05, 4.69) is 15.5 Å². The van der Waals surface area contributed by atoms with E-state index in [0.717, 1.165) is 11.4 Å². The average Bonchev–Trinajstić information content (AvgIpc) is 2.89. The molecule has 0 spiro atoms. The topological polar surface area (TPSA) is 73.3 Å². The number of nitrogens with one attached hydrogen (secondary N) is 1. The molecule has 1 N–H and O–H groups in total. The van der Waals surface area contributed by atoms with E-state index >= 15 is 0 Å². The molecule has 23 heavy (non-hydrogen) atoms. The van der Waals surface area contributed by atoms with Gasteiger partial charge in [0.2, 0.25) is 5.13 Å². The van der Waals surface area contributed by atoms with E-state index < -0.39 is 0 Å². The van der Waals surface area contributed by atoms with Crippen molar-refractivity contribution in [2.24, 2.45) is 0 Å². The van der Waals surface area contributed by atoms with Gasteiger partial charge in [-0.2, -0.15) is 0 Å². The van der Waals surface area contributed by atoms with Crippen molar-refractivity contribution in [1.82, 2.24) is 10.2 Å². The highest BCUT2D eigenvalue weighted by atomic mass is 32.1. The smallest absolute Gasteiger partial charge is 0.261 e. The number of aryl methyl sites for hydroxylation is 1. The predicted molar refractivity (Wildman–Crippen MR) is 90.6 cm³/mol. The first-order valence-electron chi connectivity index (χ1n) is 7.54. The maximum absolute atomic E-state index is 12.5. The molecular weight excluding hydrogens is 314 g/mol. The second kappa shape index (κ2) is 7.92. The fourth-order valence-electron chi connectivity index (χ4n) is 1.86. The molecule has 0 bridgehead atoms. The minimum absolute atomic E-state index is 0.0493. The fourth-order valence-corrected chi connectivity index (χ4v) is 2.45. The third kappa shape index (κ3) is 4.92. The summed E-state index contributed by atoms with van der Waals surface area (Å²) in [5.41, 5.74) is 0.440. The number of nitrogens with zero attached hydrogens (tertiary/aromatic N) is 2. The molecule has 0 aliphatic rings. The van der Waals surface area contributed by atoms with E-state index in [0.29, 0.717) is 28.8 Å². The molecule has 0 aliphatic heterocycles. The Morgan fingerprint density at radius 3 is 2.74 bits per heavy atom. The highest BCUT2D eigenvalue weighted by Crippen LogP contribution is 2.27. The van der Waals surface area contributed by atoms with Gasteiger partial charge < -0.3 is 9.47 Å². The van der Waals surface area contributed by atoms with E-state index in [4.69, 9.17) is 9.47 Å². The molecule has 7 heteroatoms. The van der Waals surface area contributed by atoms with Crippen LogP contribution in [-0.4, -0.2) is 28.8 Å². The molecule has 0 saturated heterocycles. The van der Waals surface area contributed by atoms with Gasteiger partial charge in [0, 0.05) is 6.07 Å². The third-order valence-corrected chi connectivity index (χ3v) is 3.53. The van der Waals surface area contributed by atoms with Gasteiger partial charge in [-0.1, -0.05) is 18.3 Å². The summed E-state index contributed by atoms with van der Waals surface area (Å²) in [6.45, 7) is 8.32. The van der Waals surface area contributed by atoms with Gasteiger partial charge in [0.25, 0.3) is 5.91 Å². The minimum Gasteiger partial charge on any atom is -0.493 e. The maximum atomic E-state index is 12.5. The zero-order valence-electron chi connectivity index (χ0n) is 13.8. The molecule has 1 aromatic carbocycles. The monoisotopic (exact) mass is 335 g/mol. The van der Waals surface area contributed by atoms with Crippen LogP contribution in [0.4, 0.5) is 5.13 Å². The molecule has 2 aromatic rings. The van der Waals surface area contributed by atoms with Crippen molar-refractivity contribution < 1.29 is 14.3 Å². The van der Waals surface area contributed by atoms with Crippen LogP contribution in [0.2, 0.25) is 0 Å². The Labute approximate surface area is 139 Å². The first-order valence-corrected chi connectivity index (χ1v) is 8.36. The second-order valence-electron chi connectivity index (χ2n) is 5.25. The van der Waals surface area contributed by atoms with Crippen LogP contribution in [0, 0.1) is 6.92 Å². The van der Waals surface area contributed by atoms with E-state index in [1.165, 1.54) is 11.3 Å². The number of carbonyl (C=O) groups is 1. The molecule has 124 valence electrons. The molecule has 1 heterocycles. The number of rotatable bonds is 7. The Morgan fingerprint density at radius 2 is 2.13 bits per heavy atom. The van der Waals surface area contributed by atoms with Gasteiger partial charge in [0.05, 0.1) is 18.3 Å². The van der Waals surface area contributed by atoms with Crippen LogP contribution >= 0.6 is 11.3 Å². The van der Waals surface area contributed by atoms with Crippen molar-refractivity contribution in [2.75, 3.05) is 11.9 Å². The van der Waals surface area contributed by atoms with E-state index in [1.807, 2.05) is 27.7 Å². The van der Waals surface area contributed by atoms with E-state index in [1.54, 1.807) is 18.2 Å². The molecule has 1 amide bonds. The lowest BCUT2D eigenvalue weighted by molar-refractivity contribution is 0.102. The molecule has 1 aromatic heterocycles.